The molecular formula is C14H28N2O. The Morgan fingerprint density at radius 2 is 1.94 bits per heavy atom. The first-order valence-electron chi connectivity index (χ1n) is 7.25. The Kier molecular flexibility index (Phi) is 5.26. The van der Waals surface area contributed by atoms with E-state index in [1.54, 1.807) is 0 Å². The quantitative estimate of drug-likeness (QED) is 0.812. The fourth-order valence-electron chi connectivity index (χ4n) is 3.31. The topological polar surface area (TPSA) is 24.5 Å². The van der Waals surface area contributed by atoms with Crippen LogP contribution in [0.15, 0.2) is 0 Å². The van der Waals surface area contributed by atoms with Crippen molar-refractivity contribution in [3.63, 3.8) is 0 Å². The van der Waals surface area contributed by atoms with Crippen molar-refractivity contribution in [1.29, 1.82) is 0 Å². The largest absolute Gasteiger partial charge is 0.381 e. The normalized spacial score (nSPS) is 35.1. The lowest BCUT2D eigenvalue weighted by atomic mass is 9.89. The minimum Gasteiger partial charge on any atom is -0.381 e. The van der Waals surface area contributed by atoms with Crippen LogP contribution in [-0.4, -0.2) is 50.8 Å². The van der Waals surface area contributed by atoms with Crippen molar-refractivity contribution in [3.8, 4) is 0 Å². The van der Waals surface area contributed by atoms with Crippen LogP contribution in [0.5, 0.6) is 0 Å². The molecule has 1 aliphatic carbocycles. The van der Waals surface area contributed by atoms with Crippen molar-refractivity contribution in [2.24, 2.45) is 5.92 Å². The molecular weight excluding hydrogens is 212 g/mol. The highest BCUT2D eigenvalue weighted by Crippen LogP contribution is 2.24. The molecule has 100 valence electrons. The standard InChI is InChI=1S/C14H28N2O/c1-15-13-5-7-14(8-6-13)16(2)10-12-4-3-9-17-11-12/h12-15H,3-11H2,1-2H3. The summed E-state index contributed by atoms with van der Waals surface area (Å²) in [6, 6.07) is 1.57. The lowest BCUT2D eigenvalue weighted by molar-refractivity contribution is 0.0323. The van der Waals surface area contributed by atoms with Crippen LogP contribution in [0.4, 0.5) is 0 Å². The SMILES string of the molecule is CNC1CCC(N(C)CC2CCCOC2)CC1. The highest BCUT2D eigenvalue weighted by Gasteiger charge is 2.25. The van der Waals surface area contributed by atoms with Gasteiger partial charge in [0.2, 0.25) is 0 Å². The Hall–Kier alpha value is -0.120. The number of ether oxygens (including phenoxy) is 1. The molecule has 2 rings (SSSR count). The van der Waals surface area contributed by atoms with Gasteiger partial charge in [-0.25, -0.2) is 0 Å². The highest BCUT2D eigenvalue weighted by molar-refractivity contribution is 4.82. The smallest absolute Gasteiger partial charge is 0.0506 e. The average molecular weight is 240 g/mol. The fourth-order valence-corrected chi connectivity index (χ4v) is 3.31. The molecule has 1 aliphatic heterocycles. The van der Waals surface area contributed by atoms with Crippen LogP contribution in [0, 0.1) is 5.92 Å². The molecule has 2 fully saturated rings. The number of hydrogen-bond acceptors (Lipinski definition) is 3. The zero-order chi connectivity index (χ0) is 12.1. The molecule has 0 aromatic rings. The summed E-state index contributed by atoms with van der Waals surface area (Å²) in [5.74, 6) is 0.774. The van der Waals surface area contributed by atoms with Gasteiger partial charge in [-0.2, -0.15) is 0 Å². The Bertz CT molecular complexity index is 208. The van der Waals surface area contributed by atoms with Crippen molar-refractivity contribution in [1.82, 2.24) is 10.2 Å². The number of hydrogen-bond donors (Lipinski definition) is 1. The van der Waals surface area contributed by atoms with Gasteiger partial charge in [-0.05, 0) is 58.5 Å². The van der Waals surface area contributed by atoms with Gasteiger partial charge in [0.05, 0.1) is 6.61 Å². The first-order valence-corrected chi connectivity index (χ1v) is 7.25. The van der Waals surface area contributed by atoms with E-state index in [4.69, 9.17) is 4.74 Å². The molecule has 0 aromatic carbocycles. The van der Waals surface area contributed by atoms with Crippen molar-refractivity contribution < 1.29 is 4.74 Å². The lowest BCUT2D eigenvalue weighted by Crippen LogP contribution is -2.42. The third kappa shape index (κ3) is 3.94. The molecule has 0 radical (unpaired) electrons. The van der Waals surface area contributed by atoms with Gasteiger partial charge in [-0.15, -0.1) is 0 Å². The molecule has 17 heavy (non-hydrogen) atoms. The fraction of sp³-hybridized carbons (Fsp3) is 1.00. The molecule has 0 amide bonds. The first-order chi connectivity index (χ1) is 8.29. The second-order valence-corrected chi connectivity index (χ2v) is 5.82. The second kappa shape index (κ2) is 6.72. The Balaban J connectivity index is 1.70. The Morgan fingerprint density at radius 3 is 2.53 bits per heavy atom. The molecule has 1 unspecified atom stereocenters. The maximum absolute atomic E-state index is 5.57. The summed E-state index contributed by atoms with van der Waals surface area (Å²) in [5.41, 5.74) is 0. The van der Waals surface area contributed by atoms with E-state index in [2.05, 4.69) is 24.3 Å². The molecule has 3 heteroatoms. The Labute approximate surface area is 106 Å². The predicted molar refractivity (Wildman–Crippen MR) is 71.3 cm³/mol. The molecule has 0 spiro atoms. The van der Waals surface area contributed by atoms with Crippen LogP contribution in [0.25, 0.3) is 0 Å². The van der Waals surface area contributed by atoms with E-state index in [9.17, 15) is 0 Å². The average Bonchev–Trinajstić information content (AvgIpc) is 2.40. The van der Waals surface area contributed by atoms with Gasteiger partial charge >= 0.3 is 0 Å². The summed E-state index contributed by atoms with van der Waals surface area (Å²) in [6.07, 6.45) is 8.01. The van der Waals surface area contributed by atoms with Crippen LogP contribution in [0.2, 0.25) is 0 Å². The zero-order valence-electron chi connectivity index (χ0n) is 11.5. The summed E-state index contributed by atoms with van der Waals surface area (Å²) >= 11 is 0. The number of nitrogens with zero attached hydrogens (tertiary/aromatic N) is 1. The third-order valence-electron chi connectivity index (χ3n) is 4.53. The van der Waals surface area contributed by atoms with Crippen LogP contribution < -0.4 is 5.32 Å². The van der Waals surface area contributed by atoms with E-state index in [0.717, 1.165) is 31.2 Å². The van der Waals surface area contributed by atoms with Gasteiger partial charge in [0, 0.05) is 25.2 Å². The van der Waals surface area contributed by atoms with E-state index in [0.29, 0.717) is 0 Å². The zero-order valence-corrected chi connectivity index (χ0v) is 11.5. The minimum atomic E-state index is 0.762. The van der Waals surface area contributed by atoms with Crippen molar-refractivity contribution >= 4 is 0 Å². The van der Waals surface area contributed by atoms with Gasteiger partial charge in [-0.3, -0.25) is 0 Å². The molecule has 3 nitrogen and oxygen atoms in total. The molecule has 1 N–H and O–H groups in total. The molecule has 1 atom stereocenters. The monoisotopic (exact) mass is 240 g/mol. The van der Waals surface area contributed by atoms with Gasteiger partial charge in [0.1, 0.15) is 0 Å². The number of rotatable bonds is 4. The second-order valence-electron chi connectivity index (χ2n) is 5.82. The maximum atomic E-state index is 5.57. The van der Waals surface area contributed by atoms with Crippen molar-refractivity contribution in [2.45, 2.75) is 50.6 Å². The van der Waals surface area contributed by atoms with E-state index in [1.807, 2.05) is 0 Å². The third-order valence-corrected chi connectivity index (χ3v) is 4.53. The summed E-state index contributed by atoms with van der Waals surface area (Å²) in [4.78, 5) is 2.59. The van der Waals surface area contributed by atoms with Crippen LogP contribution in [-0.2, 0) is 4.74 Å². The summed E-state index contributed by atoms with van der Waals surface area (Å²) < 4.78 is 5.57. The molecule has 0 bridgehead atoms. The highest BCUT2D eigenvalue weighted by atomic mass is 16.5. The lowest BCUT2D eigenvalue weighted by Gasteiger charge is -2.37. The molecule has 2 aliphatic rings. The van der Waals surface area contributed by atoms with E-state index >= 15 is 0 Å². The van der Waals surface area contributed by atoms with Gasteiger partial charge in [0.25, 0.3) is 0 Å². The molecule has 1 saturated heterocycles. The molecule has 0 aromatic heterocycles. The van der Waals surface area contributed by atoms with Crippen LogP contribution >= 0.6 is 0 Å². The van der Waals surface area contributed by atoms with Gasteiger partial charge in [-0.1, -0.05) is 0 Å². The summed E-state index contributed by atoms with van der Waals surface area (Å²) in [5, 5.41) is 3.41. The van der Waals surface area contributed by atoms with E-state index in [-0.39, 0.29) is 0 Å². The first kappa shape index (κ1) is 13.3. The number of nitrogens with one attached hydrogen (secondary N) is 1. The summed E-state index contributed by atoms with van der Waals surface area (Å²) in [6.45, 7) is 3.19. The van der Waals surface area contributed by atoms with E-state index < -0.39 is 0 Å². The van der Waals surface area contributed by atoms with Crippen molar-refractivity contribution in [2.75, 3.05) is 33.9 Å². The maximum Gasteiger partial charge on any atom is 0.0506 e. The molecule has 1 heterocycles. The molecule has 1 saturated carbocycles. The van der Waals surface area contributed by atoms with Crippen LogP contribution in [0.3, 0.4) is 0 Å². The van der Waals surface area contributed by atoms with E-state index in [1.165, 1.54) is 45.1 Å². The minimum absolute atomic E-state index is 0.762. The predicted octanol–water partition coefficient (Wildman–Crippen LogP) is 1.88. The van der Waals surface area contributed by atoms with Crippen LogP contribution in [0.1, 0.15) is 38.5 Å². The van der Waals surface area contributed by atoms with Crippen molar-refractivity contribution in [3.05, 3.63) is 0 Å². The Morgan fingerprint density at radius 1 is 1.18 bits per heavy atom. The van der Waals surface area contributed by atoms with Gasteiger partial charge in [0.15, 0.2) is 0 Å². The summed E-state index contributed by atoms with van der Waals surface area (Å²) in [7, 11) is 4.40. The van der Waals surface area contributed by atoms with Gasteiger partial charge < -0.3 is 15.0 Å².